The number of hydrogen-bond acceptors (Lipinski definition) is 4. The van der Waals surface area contributed by atoms with Crippen molar-refractivity contribution in [3.05, 3.63) is 35.4 Å². The van der Waals surface area contributed by atoms with Gasteiger partial charge in [-0.1, -0.05) is 11.8 Å². The lowest BCUT2D eigenvalue weighted by Crippen LogP contribution is -2.36. The Morgan fingerprint density at radius 3 is 2.65 bits per heavy atom. The average Bonchev–Trinajstić information content (AvgIpc) is 2.49. The molecule has 0 aromatic heterocycles. The molecule has 1 aromatic rings. The first-order valence-electron chi connectivity index (χ1n) is 6.85. The summed E-state index contributed by atoms with van der Waals surface area (Å²) in [4.78, 5) is 13.8. The third-order valence-electron chi connectivity index (χ3n) is 3.04. The molecule has 0 atom stereocenters. The molecule has 1 heterocycles. The Kier molecular flexibility index (Phi) is 5.60. The van der Waals surface area contributed by atoms with E-state index in [0.29, 0.717) is 12.2 Å². The number of nitrogens with zero attached hydrogens (tertiary/aromatic N) is 1. The van der Waals surface area contributed by atoms with Gasteiger partial charge >= 0.3 is 5.97 Å². The molecule has 1 saturated heterocycles. The summed E-state index contributed by atoms with van der Waals surface area (Å²) in [6, 6.07) is 7.19. The van der Waals surface area contributed by atoms with Crippen molar-refractivity contribution >= 4 is 5.97 Å². The van der Waals surface area contributed by atoms with E-state index in [0.717, 1.165) is 38.4 Å². The van der Waals surface area contributed by atoms with Crippen molar-refractivity contribution in [1.82, 2.24) is 4.90 Å². The number of benzene rings is 1. The van der Waals surface area contributed by atoms with Crippen molar-refractivity contribution in [2.75, 3.05) is 39.5 Å². The normalized spacial score (nSPS) is 15.2. The predicted octanol–water partition coefficient (Wildman–Crippen LogP) is 1.55. The SMILES string of the molecule is CCOC(=O)c1ccc(C#CCN2CCOCC2)cc1. The summed E-state index contributed by atoms with van der Waals surface area (Å²) in [7, 11) is 0. The van der Waals surface area contributed by atoms with Gasteiger partial charge < -0.3 is 9.47 Å². The molecular weight excluding hydrogens is 254 g/mol. The van der Waals surface area contributed by atoms with E-state index in [-0.39, 0.29) is 5.97 Å². The van der Waals surface area contributed by atoms with E-state index in [4.69, 9.17) is 9.47 Å². The fraction of sp³-hybridized carbons (Fsp3) is 0.438. The molecule has 2 rings (SSSR count). The maximum absolute atomic E-state index is 11.5. The van der Waals surface area contributed by atoms with E-state index in [1.807, 2.05) is 12.1 Å². The molecule has 0 unspecified atom stereocenters. The molecule has 0 bridgehead atoms. The zero-order valence-electron chi connectivity index (χ0n) is 11.7. The Bertz CT molecular complexity index is 493. The van der Waals surface area contributed by atoms with Gasteiger partial charge in [-0.25, -0.2) is 4.79 Å². The van der Waals surface area contributed by atoms with Gasteiger partial charge in [0.15, 0.2) is 0 Å². The Balaban J connectivity index is 1.88. The van der Waals surface area contributed by atoms with Crippen LogP contribution in [-0.4, -0.2) is 50.3 Å². The zero-order valence-corrected chi connectivity index (χ0v) is 11.7. The van der Waals surface area contributed by atoms with Gasteiger partial charge in [-0.2, -0.15) is 0 Å². The molecule has 1 aliphatic rings. The highest BCUT2D eigenvalue weighted by molar-refractivity contribution is 5.89. The first kappa shape index (κ1) is 14.6. The third kappa shape index (κ3) is 4.37. The molecule has 20 heavy (non-hydrogen) atoms. The summed E-state index contributed by atoms with van der Waals surface area (Å²) in [6.07, 6.45) is 0. The van der Waals surface area contributed by atoms with Crippen LogP contribution in [0, 0.1) is 11.8 Å². The van der Waals surface area contributed by atoms with E-state index in [2.05, 4.69) is 16.7 Å². The molecule has 4 nitrogen and oxygen atoms in total. The van der Waals surface area contributed by atoms with E-state index in [1.165, 1.54) is 0 Å². The summed E-state index contributed by atoms with van der Waals surface area (Å²) < 4.78 is 10.2. The molecule has 0 saturated carbocycles. The van der Waals surface area contributed by atoms with Gasteiger partial charge in [-0.15, -0.1) is 0 Å². The highest BCUT2D eigenvalue weighted by atomic mass is 16.5. The van der Waals surface area contributed by atoms with Gasteiger partial charge in [0, 0.05) is 18.7 Å². The van der Waals surface area contributed by atoms with Gasteiger partial charge in [0.25, 0.3) is 0 Å². The summed E-state index contributed by atoms with van der Waals surface area (Å²) >= 11 is 0. The summed E-state index contributed by atoms with van der Waals surface area (Å²) in [5.41, 5.74) is 1.47. The third-order valence-corrected chi connectivity index (χ3v) is 3.04. The summed E-state index contributed by atoms with van der Waals surface area (Å²) in [6.45, 7) is 6.39. The quantitative estimate of drug-likeness (QED) is 0.618. The van der Waals surface area contributed by atoms with Crippen molar-refractivity contribution in [1.29, 1.82) is 0 Å². The Hall–Kier alpha value is -1.83. The van der Waals surface area contributed by atoms with Crippen molar-refractivity contribution in [2.45, 2.75) is 6.92 Å². The minimum Gasteiger partial charge on any atom is -0.462 e. The second-order valence-electron chi connectivity index (χ2n) is 4.49. The molecule has 0 radical (unpaired) electrons. The molecule has 106 valence electrons. The first-order chi connectivity index (χ1) is 9.79. The Labute approximate surface area is 119 Å². The molecule has 1 aromatic carbocycles. The lowest BCUT2D eigenvalue weighted by molar-refractivity contribution is 0.0443. The highest BCUT2D eigenvalue weighted by Crippen LogP contribution is 2.05. The number of morpholine rings is 1. The minimum atomic E-state index is -0.291. The maximum Gasteiger partial charge on any atom is 0.338 e. The smallest absolute Gasteiger partial charge is 0.338 e. The second-order valence-corrected chi connectivity index (χ2v) is 4.49. The lowest BCUT2D eigenvalue weighted by atomic mass is 10.1. The Morgan fingerprint density at radius 2 is 2.00 bits per heavy atom. The van der Waals surface area contributed by atoms with Crippen LogP contribution in [0.4, 0.5) is 0 Å². The van der Waals surface area contributed by atoms with Crippen LogP contribution in [0.5, 0.6) is 0 Å². The average molecular weight is 273 g/mol. The van der Waals surface area contributed by atoms with Gasteiger partial charge in [-0.05, 0) is 31.2 Å². The van der Waals surface area contributed by atoms with Crippen LogP contribution in [0.2, 0.25) is 0 Å². The molecule has 0 N–H and O–H groups in total. The fourth-order valence-corrected chi connectivity index (χ4v) is 1.92. The molecular formula is C16H19NO3. The number of rotatable bonds is 3. The molecule has 1 aliphatic heterocycles. The standard InChI is InChI=1S/C16H19NO3/c1-2-20-16(18)15-7-5-14(6-8-15)4-3-9-17-10-12-19-13-11-17/h5-8H,2,9-13H2,1H3. The van der Waals surface area contributed by atoms with E-state index in [9.17, 15) is 4.79 Å². The van der Waals surface area contributed by atoms with E-state index < -0.39 is 0 Å². The molecule has 0 spiro atoms. The van der Waals surface area contributed by atoms with E-state index >= 15 is 0 Å². The van der Waals surface area contributed by atoms with Crippen molar-refractivity contribution in [3.63, 3.8) is 0 Å². The van der Waals surface area contributed by atoms with Gasteiger partial charge in [-0.3, -0.25) is 4.90 Å². The van der Waals surface area contributed by atoms with Crippen molar-refractivity contribution in [2.24, 2.45) is 0 Å². The van der Waals surface area contributed by atoms with Gasteiger partial charge in [0.05, 0.1) is 31.9 Å². The van der Waals surface area contributed by atoms with Crippen LogP contribution in [0.25, 0.3) is 0 Å². The predicted molar refractivity (Wildman–Crippen MR) is 76.5 cm³/mol. The monoisotopic (exact) mass is 273 g/mol. The van der Waals surface area contributed by atoms with Crippen LogP contribution in [0.1, 0.15) is 22.8 Å². The number of hydrogen-bond donors (Lipinski definition) is 0. The van der Waals surface area contributed by atoms with Crippen LogP contribution in [-0.2, 0) is 9.47 Å². The van der Waals surface area contributed by atoms with Crippen molar-refractivity contribution < 1.29 is 14.3 Å². The van der Waals surface area contributed by atoms with Crippen LogP contribution in [0.15, 0.2) is 24.3 Å². The zero-order chi connectivity index (χ0) is 14.2. The molecule has 4 heteroatoms. The number of esters is 1. The lowest BCUT2D eigenvalue weighted by Gasteiger charge is -2.24. The van der Waals surface area contributed by atoms with E-state index in [1.54, 1.807) is 19.1 Å². The van der Waals surface area contributed by atoms with Crippen LogP contribution < -0.4 is 0 Å². The first-order valence-corrected chi connectivity index (χ1v) is 6.85. The van der Waals surface area contributed by atoms with Gasteiger partial charge in [0.1, 0.15) is 0 Å². The van der Waals surface area contributed by atoms with Crippen molar-refractivity contribution in [3.8, 4) is 11.8 Å². The minimum absolute atomic E-state index is 0.291. The topological polar surface area (TPSA) is 38.8 Å². The van der Waals surface area contributed by atoms with Gasteiger partial charge in [0.2, 0.25) is 0 Å². The Morgan fingerprint density at radius 1 is 1.30 bits per heavy atom. The van der Waals surface area contributed by atoms with Crippen LogP contribution >= 0.6 is 0 Å². The largest absolute Gasteiger partial charge is 0.462 e. The molecule has 0 amide bonds. The molecule has 0 aliphatic carbocycles. The fourth-order valence-electron chi connectivity index (χ4n) is 1.92. The second kappa shape index (κ2) is 7.68. The highest BCUT2D eigenvalue weighted by Gasteiger charge is 2.08. The van der Waals surface area contributed by atoms with Crippen LogP contribution in [0.3, 0.4) is 0 Å². The number of carbonyl (C=O) groups excluding carboxylic acids is 1. The summed E-state index contributed by atoms with van der Waals surface area (Å²) in [5.74, 6) is 5.96. The summed E-state index contributed by atoms with van der Waals surface area (Å²) in [5, 5.41) is 0. The molecule has 1 fully saturated rings. The maximum atomic E-state index is 11.5. The number of ether oxygens (including phenoxy) is 2. The number of carbonyl (C=O) groups is 1.